The van der Waals surface area contributed by atoms with E-state index in [4.69, 9.17) is 17.3 Å². The number of amides is 2. The van der Waals surface area contributed by atoms with Crippen molar-refractivity contribution in [2.75, 3.05) is 6.54 Å². The Hall–Kier alpha value is -1.81. The van der Waals surface area contributed by atoms with E-state index in [1.807, 2.05) is 19.1 Å². The zero-order valence-corrected chi connectivity index (χ0v) is 12.7. The quantitative estimate of drug-likeness (QED) is 0.872. The molecule has 4 nitrogen and oxygen atoms in total. The number of nitrogens with zero attached hydrogens (tertiary/aromatic N) is 1. The second-order valence-corrected chi connectivity index (χ2v) is 5.84. The van der Waals surface area contributed by atoms with Crippen LogP contribution in [-0.4, -0.2) is 29.3 Å². The zero-order chi connectivity index (χ0) is 15.4. The van der Waals surface area contributed by atoms with E-state index in [0.717, 1.165) is 18.4 Å². The Morgan fingerprint density at radius 1 is 1.29 bits per heavy atom. The van der Waals surface area contributed by atoms with Crippen LogP contribution in [0.15, 0.2) is 30.3 Å². The Morgan fingerprint density at radius 3 is 2.57 bits per heavy atom. The lowest BCUT2D eigenvalue weighted by atomic mass is 9.93. The smallest absolute Gasteiger partial charge is 0.246 e. The van der Waals surface area contributed by atoms with E-state index in [9.17, 15) is 9.59 Å². The molecule has 21 heavy (non-hydrogen) atoms. The molecule has 1 saturated heterocycles. The lowest BCUT2D eigenvalue weighted by Gasteiger charge is -2.36. The van der Waals surface area contributed by atoms with Crippen molar-refractivity contribution in [1.82, 2.24) is 4.90 Å². The van der Waals surface area contributed by atoms with Gasteiger partial charge in [0.15, 0.2) is 0 Å². The molecule has 1 heterocycles. The van der Waals surface area contributed by atoms with Crippen LogP contribution >= 0.6 is 11.6 Å². The van der Waals surface area contributed by atoms with E-state index < -0.39 is 0 Å². The highest BCUT2D eigenvalue weighted by atomic mass is 35.5. The number of piperidine rings is 1. The average Bonchev–Trinajstić information content (AvgIpc) is 2.46. The summed E-state index contributed by atoms with van der Waals surface area (Å²) in [5.74, 6) is -0.668. The van der Waals surface area contributed by atoms with Crippen molar-refractivity contribution >= 4 is 29.5 Å². The van der Waals surface area contributed by atoms with Crippen molar-refractivity contribution in [3.63, 3.8) is 0 Å². The molecular formula is C16H19ClN2O2. The fourth-order valence-corrected chi connectivity index (χ4v) is 2.61. The molecule has 0 aromatic heterocycles. The van der Waals surface area contributed by atoms with Crippen LogP contribution in [0.5, 0.6) is 0 Å². The van der Waals surface area contributed by atoms with Gasteiger partial charge in [-0.05, 0) is 43.5 Å². The van der Waals surface area contributed by atoms with Crippen LogP contribution in [0.3, 0.4) is 0 Å². The fourth-order valence-electron chi connectivity index (χ4n) is 2.48. The summed E-state index contributed by atoms with van der Waals surface area (Å²) in [6.45, 7) is 2.39. The van der Waals surface area contributed by atoms with Crippen molar-refractivity contribution in [1.29, 1.82) is 0 Å². The van der Waals surface area contributed by atoms with Gasteiger partial charge in [0.2, 0.25) is 11.8 Å². The molecule has 1 aromatic rings. The Kier molecular flexibility index (Phi) is 5.02. The predicted molar refractivity (Wildman–Crippen MR) is 83.6 cm³/mol. The summed E-state index contributed by atoms with van der Waals surface area (Å²) in [5.41, 5.74) is 6.25. The van der Waals surface area contributed by atoms with Gasteiger partial charge in [-0.2, -0.15) is 0 Å². The summed E-state index contributed by atoms with van der Waals surface area (Å²) in [5, 5.41) is 0.660. The molecular weight excluding hydrogens is 288 g/mol. The van der Waals surface area contributed by atoms with Crippen LogP contribution in [0.25, 0.3) is 6.08 Å². The Bertz CT molecular complexity index is 554. The van der Waals surface area contributed by atoms with Gasteiger partial charge in [-0.1, -0.05) is 23.7 Å². The summed E-state index contributed by atoms with van der Waals surface area (Å²) in [6, 6.07) is 7.37. The van der Waals surface area contributed by atoms with Gasteiger partial charge < -0.3 is 10.6 Å². The molecule has 1 aliphatic heterocycles. The number of halogens is 1. The molecule has 2 unspecified atom stereocenters. The molecule has 2 N–H and O–H groups in total. The number of hydrogen-bond donors (Lipinski definition) is 1. The van der Waals surface area contributed by atoms with Crippen molar-refractivity contribution in [2.45, 2.75) is 25.8 Å². The Balaban J connectivity index is 2.04. The normalized spacial score (nSPS) is 22.5. The van der Waals surface area contributed by atoms with Crippen molar-refractivity contribution in [3.05, 3.63) is 40.9 Å². The van der Waals surface area contributed by atoms with E-state index in [2.05, 4.69) is 0 Å². The largest absolute Gasteiger partial charge is 0.369 e. The predicted octanol–water partition coefficient (Wildman–Crippen LogP) is 2.47. The Morgan fingerprint density at radius 2 is 1.95 bits per heavy atom. The maximum Gasteiger partial charge on any atom is 0.246 e. The summed E-state index contributed by atoms with van der Waals surface area (Å²) in [4.78, 5) is 25.3. The minimum absolute atomic E-state index is 0.0941. The van der Waals surface area contributed by atoms with Gasteiger partial charge in [0.25, 0.3) is 0 Å². The highest BCUT2D eigenvalue weighted by Crippen LogP contribution is 2.22. The molecule has 1 fully saturated rings. The molecule has 112 valence electrons. The summed E-state index contributed by atoms with van der Waals surface area (Å²) in [7, 11) is 0. The maximum atomic E-state index is 12.3. The number of benzene rings is 1. The Labute approximate surface area is 129 Å². The van der Waals surface area contributed by atoms with Crippen molar-refractivity contribution in [2.24, 2.45) is 11.7 Å². The summed E-state index contributed by atoms with van der Waals surface area (Å²) < 4.78 is 0. The molecule has 0 bridgehead atoms. The van der Waals surface area contributed by atoms with E-state index in [1.165, 1.54) is 6.08 Å². The van der Waals surface area contributed by atoms with Gasteiger partial charge >= 0.3 is 0 Å². The molecule has 0 aliphatic carbocycles. The van der Waals surface area contributed by atoms with Crippen molar-refractivity contribution in [3.8, 4) is 0 Å². The first kappa shape index (κ1) is 15.6. The summed E-state index contributed by atoms with van der Waals surface area (Å²) in [6.07, 6.45) is 4.83. The number of rotatable bonds is 3. The van der Waals surface area contributed by atoms with Gasteiger partial charge in [0, 0.05) is 23.7 Å². The third kappa shape index (κ3) is 4.08. The molecule has 0 spiro atoms. The first-order chi connectivity index (χ1) is 9.97. The molecule has 0 saturated carbocycles. The number of nitrogens with two attached hydrogens (primary N) is 1. The van der Waals surface area contributed by atoms with E-state index in [1.54, 1.807) is 23.1 Å². The van der Waals surface area contributed by atoms with Crippen LogP contribution in [0.4, 0.5) is 0 Å². The second-order valence-electron chi connectivity index (χ2n) is 5.40. The summed E-state index contributed by atoms with van der Waals surface area (Å²) >= 11 is 5.82. The number of carbonyl (C=O) groups is 2. The highest BCUT2D eigenvalue weighted by molar-refractivity contribution is 6.30. The molecule has 5 heteroatoms. The van der Waals surface area contributed by atoms with Gasteiger partial charge in [-0.15, -0.1) is 0 Å². The van der Waals surface area contributed by atoms with Crippen LogP contribution in [-0.2, 0) is 9.59 Å². The molecule has 2 rings (SSSR count). The second kappa shape index (κ2) is 6.76. The number of likely N-dealkylation sites (tertiary alicyclic amines) is 1. The topological polar surface area (TPSA) is 63.4 Å². The minimum Gasteiger partial charge on any atom is -0.369 e. The van der Waals surface area contributed by atoms with E-state index in [0.29, 0.717) is 11.6 Å². The monoisotopic (exact) mass is 306 g/mol. The minimum atomic E-state index is -0.332. The van der Waals surface area contributed by atoms with Crippen LogP contribution in [0, 0.1) is 5.92 Å². The standard InChI is InChI=1S/C16H19ClN2O2/c1-11-2-6-13(16(18)21)10-19(11)15(20)9-5-12-3-7-14(17)8-4-12/h3-5,7-9,11,13H,2,6,10H2,1H3,(H2,18,21). The SMILES string of the molecule is CC1CCC(C(N)=O)CN1C(=O)C=Cc1ccc(Cl)cc1. The number of hydrogen-bond acceptors (Lipinski definition) is 2. The fraction of sp³-hybridized carbons (Fsp3) is 0.375. The molecule has 2 amide bonds. The highest BCUT2D eigenvalue weighted by Gasteiger charge is 2.30. The lowest BCUT2D eigenvalue weighted by Crippen LogP contribution is -2.48. The van der Waals surface area contributed by atoms with Crippen LogP contribution in [0.1, 0.15) is 25.3 Å². The molecule has 2 atom stereocenters. The van der Waals surface area contributed by atoms with Gasteiger partial charge in [-0.3, -0.25) is 9.59 Å². The molecule has 1 aromatic carbocycles. The van der Waals surface area contributed by atoms with Crippen molar-refractivity contribution < 1.29 is 9.59 Å². The van der Waals surface area contributed by atoms with E-state index in [-0.39, 0.29) is 23.8 Å². The van der Waals surface area contributed by atoms with Gasteiger partial charge in [0.05, 0.1) is 5.92 Å². The third-order valence-corrected chi connectivity index (χ3v) is 4.11. The number of primary amides is 1. The first-order valence-corrected chi connectivity index (χ1v) is 7.38. The maximum absolute atomic E-state index is 12.3. The van der Waals surface area contributed by atoms with E-state index >= 15 is 0 Å². The number of carbonyl (C=O) groups excluding carboxylic acids is 2. The third-order valence-electron chi connectivity index (χ3n) is 3.86. The first-order valence-electron chi connectivity index (χ1n) is 7.01. The lowest BCUT2D eigenvalue weighted by molar-refractivity contribution is -0.133. The molecule has 0 radical (unpaired) electrons. The zero-order valence-electron chi connectivity index (χ0n) is 12.0. The average molecular weight is 307 g/mol. The van der Waals surface area contributed by atoms with Crippen LogP contribution < -0.4 is 5.73 Å². The van der Waals surface area contributed by atoms with Gasteiger partial charge in [0.1, 0.15) is 0 Å². The molecule has 1 aliphatic rings. The van der Waals surface area contributed by atoms with Gasteiger partial charge in [-0.25, -0.2) is 0 Å². The van der Waals surface area contributed by atoms with Crippen LogP contribution in [0.2, 0.25) is 5.02 Å².